The molecule has 1 heterocycles. The molecular formula is C26H25N3O5S. The van der Waals surface area contributed by atoms with Crippen LogP contribution in [0.2, 0.25) is 0 Å². The highest BCUT2D eigenvalue weighted by Gasteiger charge is 2.15. The summed E-state index contributed by atoms with van der Waals surface area (Å²) in [6.45, 7) is 2.46. The molecule has 3 aromatic carbocycles. The van der Waals surface area contributed by atoms with E-state index in [4.69, 9.17) is 14.2 Å². The van der Waals surface area contributed by atoms with Crippen molar-refractivity contribution in [1.29, 1.82) is 0 Å². The number of thioether (sulfide) groups is 1. The van der Waals surface area contributed by atoms with Crippen LogP contribution in [0, 0.1) is 0 Å². The standard InChI is InChI=1S/C26H25N3O5S/c1-4-34-19-11-9-18(10-12-19)29-25(31)22-7-5-6-8-23(22)28-26(29)35-16-24(30)27-17-13-20(32-2)15-21(14-17)33-3/h5-15H,4,16H2,1-3H3,(H,27,30). The lowest BCUT2D eigenvalue weighted by atomic mass is 10.2. The lowest BCUT2D eigenvalue weighted by Crippen LogP contribution is -2.23. The molecule has 1 N–H and O–H groups in total. The molecule has 0 aliphatic carbocycles. The Hall–Kier alpha value is -3.98. The molecule has 9 heteroatoms. The minimum Gasteiger partial charge on any atom is -0.497 e. The summed E-state index contributed by atoms with van der Waals surface area (Å²) < 4.78 is 17.5. The number of carbonyl (C=O) groups excluding carboxylic acids is 1. The Bertz CT molecular complexity index is 1380. The SMILES string of the molecule is CCOc1ccc(-n2c(SCC(=O)Nc3cc(OC)cc(OC)c3)nc3ccccc3c2=O)cc1. The fraction of sp³-hybridized carbons (Fsp3) is 0.192. The van der Waals surface area contributed by atoms with Crippen molar-refractivity contribution in [3.05, 3.63) is 77.1 Å². The van der Waals surface area contributed by atoms with E-state index in [0.29, 0.717) is 51.3 Å². The predicted octanol–water partition coefficient (Wildman–Crippen LogP) is 4.53. The van der Waals surface area contributed by atoms with Crippen LogP contribution >= 0.6 is 11.8 Å². The van der Waals surface area contributed by atoms with Gasteiger partial charge in [-0.1, -0.05) is 23.9 Å². The van der Waals surface area contributed by atoms with Gasteiger partial charge in [-0.25, -0.2) is 4.98 Å². The van der Waals surface area contributed by atoms with Gasteiger partial charge in [0.1, 0.15) is 17.2 Å². The minimum absolute atomic E-state index is 0.0430. The first-order valence-electron chi connectivity index (χ1n) is 10.9. The number of hydrogen-bond acceptors (Lipinski definition) is 7. The fourth-order valence-electron chi connectivity index (χ4n) is 3.50. The van der Waals surface area contributed by atoms with Crippen molar-refractivity contribution in [2.45, 2.75) is 12.1 Å². The number of amides is 1. The number of fused-ring (bicyclic) bond motifs is 1. The van der Waals surface area contributed by atoms with Crippen LogP contribution < -0.4 is 25.1 Å². The Kier molecular flexibility index (Phi) is 7.57. The third-order valence-electron chi connectivity index (χ3n) is 5.12. The highest BCUT2D eigenvalue weighted by atomic mass is 32.2. The van der Waals surface area contributed by atoms with E-state index in [1.54, 1.807) is 74.9 Å². The number of benzene rings is 3. The van der Waals surface area contributed by atoms with E-state index < -0.39 is 0 Å². The van der Waals surface area contributed by atoms with Crippen LogP contribution in [0.25, 0.3) is 16.6 Å². The normalized spacial score (nSPS) is 10.7. The Morgan fingerprint density at radius 3 is 2.31 bits per heavy atom. The third kappa shape index (κ3) is 5.58. The molecular weight excluding hydrogens is 466 g/mol. The zero-order chi connectivity index (χ0) is 24.8. The molecule has 0 unspecified atom stereocenters. The van der Waals surface area contributed by atoms with Crippen molar-refractivity contribution in [1.82, 2.24) is 9.55 Å². The second kappa shape index (κ2) is 11.0. The number of aromatic nitrogens is 2. The second-order valence-corrected chi connectivity index (χ2v) is 8.36. The Labute approximate surface area is 206 Å². The summed E-state index contributed by atoms with van der Waals surface area (Å²) in [7, 11) is 3.09. The number of hydrogen-bond donors (Lipinski definition) is 1. The molecule has 0 spiro atoms. The highest BCUT2D eigenvalue weighted by Crippen LogP contribution is 2.27. The molecule has 4 rings (SSSR count). The van der Waals surface area contributed by atoms with Crippen molar-refractivity contribution in [2.75, 3.05) is 31.9 Å². The average Bonchev–Trinajstić information content (AvgIpc) is 2.88. The predicted molar refractivity (Wildman–Crippen MR) is 137 cm³/mol. The van der Waals surface area contributed by atoms with Crippen LogP contribution in [0.3, 0.4) is 0 Å². The number of nitrogens with one attached hydrogen (secondary N) is 1. The van der Waals surface area contributed by atoms with E-state index in [2.05, 4.69) is 10.3 Å². The van der Waals surface area contributed by atoms with Crippen LogP contribution in [0.15, 0.2) is 76.7 Å². The first-order chi connectivity index (χ1) is 17.0. The number of rotatable bonds is 9. The molecule has 1 aromatic heterocycles. The molecule has 0 atom stereocenters. The summed E-state index contributed by atoms with van der Waals surface area (Å²) in [6, 6.07) is 19.5. The molecule has 8 nitrogen and oxygen atoms in total. The van der Waals surface area contributed by atoms with Crippen LogP contribution in [0.4, 0.5) is 5.69 Å². The first kappa shape index (κ1) is 24.2. The Balaban J connectivity index is 1.63. The summed E-state index contributed by atoms with van der Waals surface area (Å²) in [5.41, 5.74) is 1.54. The van der Waals surface area contributed by atoms with Crippen molar-refractivity contribution in [3.63, 3.8) is 0 Å². The molecule has 0 saturated carbocycles. The van der Waals surface area contributed by atoms with E-state index >= 15 is 0 Å². The maximum Gasteiger partial charge on any atom is 0.266 e. The lowest BCUT2D eigenvalue weighted by molar-refractivity contribution is -0.113. The van der Waals surface area contributed by atoms with Gasteiger partial charge in [-0.2, -0.15) is 0 Å². The summed E-state index contributed by atoms with van der Waals surface area (Å²) in [5.74, 6) is 1.62. The first-order valence-corrected chi connectivity index (χ1v) is 11.9. The fourth-order valence-corrected chi connectivity index (χ4v) is 4.31. The zero-order valence-corrected chi connectivity index (χ0v) is 20.4. The Morgan fingerprint density at radius 2 is 1.66 bits per heavy atom. The molecule has 0 aliphatic heterocycles. The van der Waals surface area contributed by atoms with E-state index in [-0.39, 0.29) is 17.2 Å². The zero-order valence-electron chi connectivity index (χ0n) is 19.6. The number of ether oxygens (including phenoxy) is 3. The van der Waals surface area contributed by atoms with E-state index in [9.17, 15) is 9.59 Å². The van der Waals surface area contributed by atoms with Crippen molar-refractivity contribution in [3.8, 4) is 22.9 Å². The summed E-state index contributed by atoms with van der Waals surface area (Å²) in [5, 5.41) is 3.75. The van der Waals surface area contributed by atoms with E-state index in [1.165, 1.54) is 16.3 Å². The second-order valence-electron chi connectivity index (χ2n) is 7.42. The molecule has 1 amide bonds. The molecule has 0 saturated heterocycles. The number of para-hydroxylation sites is 1. The monoisotopic (exact) mass is 491 g/mol. The van der Waals surface area contributed by atoms with Gasteiger partial charge in [-0.3, -0.25) is 14.2 Å². The van der Waals surface area contributed by atoms with Gasteiger partial charge in [0.25, 0.3) is 5.56 Å². The molecule has 0 aliphatic rings. The van der Waals surface area contributed by atoms with Crippen LogP contribution in [-0.2, 0) is 4.79 Å². The van der Waals surface area contributed by atoms with Gasteiger partial charge in [0, 0.05) is 23.9 Å². The van der Waals surface area contributed by atoms with Gasteiger partial charge in [0.05, 0.1) is 43.2 Å². The summed E-state index contributed by atoms with van der Waals surface area (Å²) in [4.78, 5) is 30.8. The topological polar surface area (TPSA) is 91.7 Å². The molecule has 35 heavy (non-hydrogen) atoms. The highest BCUT2D eigenvalue weighted by molar-refractivity contribution is 7.99. The molecule has 180 valence electrons. The average molecular weight is 492 g/mol. The van der Waals surface area contributed by atoms with Gasteiger partial charge in [0.2, 0.25) is 5.91 Å². The molecule has 0 fully saturated rings. The minimum atomic E-state index is -0.258. The number of methoxy groups -OCH3 is 2. The van der Waals surface area contributed by atoms with Gasteiger partial charge in [-0.15, -0.1) is 0 Å². The van der Waals surface area contributed by atoms with Crippen molar-refractivity contribution in [2.24, 2.45) is 0 Å². The molecule has 0 bridgehead atoms. The quantitative estimate of drug-likeness (QED) is 0.272. The Morgan fingerprint density at radius 1 is 0.971 bits per heavy atom. The van der Waals surface area contributed by atoms with Crippen LogP contribution in [0.5, 0.6) is 17.2 Å². The van der Waals surface area contributed by atoms with Gasteiger partial charge >= 0.3 is 0 Å². The van der Waals surface area contributed by atoms with Gasteiger partial charge < -0.3 is 19.5 Å². The van der Waals surface area contributed by atoms with Crippen molar-refractivity contribution >= 4 is 34.3 Å². The van der Waals surface area contributed by atoms with Crippen molar-refractivity contribution < 1.29 is 19.0 Å². The summed E-state index contributed by atoms with van der Waals surface area (Å²) >= 11 is 1.18. The van der Waals surface area contributed by atoms with Gasteiger partial charge in [-0.05, 0) is 43.3 Å². The number of carbonyl (C=O) groups is 1. The van der Waals surface area contributed by atoms with Crippen LogP contribution in [0.1, 0.15) is 6.92 Å². The smallest absolute Gasteiger partial charge is 0.266 e. The van der Waals surface area contributed by atoms with Gasteiger partial charge in [0.15, 0.2) is 5.16 Å². The molecule has 4 aromatic rings. The number of anilines is 1. The maximum atomic E-state index is 13.4. The summed E-state index contributed by atoms with van der Waals surface area (Å²) in [6.07, 6.45) is 0. The third-order valence-corrected chi connectivity index (χ3v) is 6.06. The van der Waals surface area contributed by atoms with E-state index in [1.807, 2.05) is 13.0 Å². The van der Waals surface area contributed by atoms with E-state index in [0.717, 1.165) is 0 Å². The lowest BCUT2D eigenvalue weighted by Gasteiger charge is -2.14. The maximum absolute atomic E-state index is 13.4. The largest absolute Gasteiger partial charge is 0.497 e. The number of nitrogens with zero attached hydrogens (tertiary/aromatic N) is 2. The molecule has 0 radical (unpaired) electrons. The van der Waals surface area contributed by atoms with Crippen LogP contribution in [-0.4, -0.2) is 42.0 Å².